The smallest absolute Gasteiger partial charge is 0 e. The molecule has 8 heteroatoms. The fraction of sp³-hybridized carbons (Fsp3) is 0. The van der Waals surface area contributed by atoms with Crippen LogP contribution >= 0.6 is 31.7 Å². The van der Waals surface area contributed by atoms with Crippen molar-refractivity contribution in [3.8, 4) is 0 Å². The molecule has 0 aliphatic carbocycles. The largest absolute Gasteiger partial charge is 1.00 e. The minimum absolute atomic E-state index is 0. The zero-order valence-electron chi connectivity index (χ0n) is 43.9. The second-order valence-electron chi connectivity index (χ2n) is 17.4. The minimum Gasteiger partial charge on any atom is -1.00 e. The summed E-state index contributed by atoms with van der Waals surface area (Å²) >= 11 is 0. The van der Waals surface area contributed by atoms with Gasteiger partial charge < -0.3 is 24.8 Å². The molecule has 0 spiro atoms. The van der Waals surface area contributed by atoms with Crippen molar-refractivity contribution in [2.24, 2.45) is 0 Å². The third-order valence-electron chi connectivity index (χ3n) is 12.2. The topological polar surface area (TPSA) is 0 Å². The molecule has 402 valence electrons. The summed E-state index contributed by atoms with van der Waals surface area (Å²) in [6.45, 7) is 0. The van der Waals surface area contributed by atoms with E-state index in [4.69, 9.17) is 0 Å². The van der Waals surface area contributed by atoms with Crippen LogP contribution in [0.5, 0.6) is 0 Å². The molecule has 0 saturated heterocycles. The van der Waals surface area contributed by atoms with Gasteiger partial charge in [-0.15, -0.1) is 0 Å². The van der Waals surface area contributed by atoms with Crippen LogP contribution < -0.4 is 88.5 Å². The van der Waals surface area contributed by atoms with Crippen molar-refractivity contribution in [3.63, 3.8) is 0 Å². The Kier molecular flexibility index (Phi) is 29.7. The van der Waals surface area contributed by atoms with E-state index in [9.17, 15) is 0 Å². The number of hydrogen-bond donors (Lipinski definition) is 0. The van der Waals surface area contributed by atoms with Crippen molar-refractivity contribution in [2.75, 3.05) is 0 Å². The minimum atomic E-state index is -0.446. The monoisotopic (exact) mass is 1320 g/mol. The van der Waals surface area contributed by atoms with E-state index >= 15 is 0 Å². The molecule has 2 radical (unpaired) electrons. The number of rotatable bonds is 12. The molecular weight excluding hydrogens is 1270 g/mol. The van der Waals surface area contributed by atoms with Crippen molar-refractivity contribution >= 4 is 95.3 Å². The Hall–Kier alpha value is -5.81. The first kappa shape index (κ1) is 65.0. The van der Waals surface area contributed by atoms with Gasteiger partial charge in [-0.1, -0.05) is 364 Å². The van der Waals surface area contributed by atoms with Gasteiger partial charge in [-0.2, -0.15) is 0 Å². The Morgan fingerprint density at radius 1 is 0.113 bits per heavy atom. The molecule has 0 aromatic heterocycles. The molecule has 0 aliphatic heterocycles. The number of hydrogen-bond acceptors (Lipinski definition) is 0. The number of halogens is 2. The first-order valence-corrected chi connectivity index (χ1v) is 31.0. The van der Waals surface area contributed by atoms with Crippen LogP contribution in [-0.4, -0.2) is 0 Å². The third-order valence-corrected chi connectivity index (χ3v) is 21.9. The molecule has 0 heterocycles. The molecule has 12 aromatic rings. The predicted octanol–water partition coefficient (Wildman–Crippen LogP) is 7.78. The fourth-order valence-electron chi connectivity index (χ4n) is 8.71. The molecule has 0 atom stereocenters. The SMILES string of the molecule is [Cl-].[Cl-].[Rh].[Rh].c1ccc(P(c2ccccc2)c2ccccc2)cc1.c1ccc(P(c2ccccc2)c2ccccc2)cc1.c1ccc(P(c2ccccc2)c2ccccc2)cc1.c1ccc(P(c2ccccc2)c2ccccc2)cc1. The summed E-state index contributed by atoms with van der Waals surface area (Å²) in [4.78, 5) is 0. The van der Waals surface area contributed by atoms with Crippen molar-refractivity contribution in [1.29, 1.82) is 0 Å². The van der Waals surface area contributed by atoms with Crippen LogP contribution in [0.1, 0.15) is 0 Å². The third kappa shape index (κ3) is 19.2. The van der Waals surface area contributed by atoms with Crippen LogP contribution in [0.4, 0.5) is 0 Å². The Bertz CT molecular complexity index is 2600. The summed E-state index contributed by atoms with van der Waals surface area (Å²) in [6, 6.07) is 129. The van der Waals surface area contributed by atoms with Gasteiger partial charge in [-0.05, 0) is 95.3 Å². The van der Waals surface area contributed by atoms with Gasteiger partial charge in [0.2, 0.25) is 0 Å². The molecule has 0 aliphatic rings. The Balaban J connectivity index is 0.000000193. The summed E-state index contributed by atoms with van der Waals surface area (Å²) in [6.07, 6.45) is 0. The second kappa shape index (κ2) is 36.5. The standard InChI is InChI=1S/4C18H15P.2ClH.2Rh/c4*1-4-10-16(11-5-1)19(17-12-6-2-7-13-17)18-14-8-3-9-15-18;;;;/h4*1-15H;2*1H;;/p-2. The number of benzene rings is 12. The van der Waals surface area contributed by atoms with Crippen LogP contribution in [0.25, 0.3) is 0 Å². The van der Waals surface area contributed by atoms with Crippen molar-refractivity contribution in [1.82, 2.24) is 0 Å². The molecule has 0 N–H and O–H groups in total. The molecule has 0 fully saturated rings. The fourth-order valence-corrected chi connectivity index (χ4v) is 17.9. The van der Waals surface area contributed by atoms with Gasteiger partial charge in [0.05, 0.1) is 0 Å². The zero-order chi connectivity index (χ0) is 51.7. The molecule has 0 amide bonds. The van der Waals surface area contributed by atoms with E-state index < -0.39 is 31.7 Å². The van der Waals surface area contributed by atoms with Gasteiger partial charge in [0.1, 0.15) is 0 Å². The Morgan fingerprint density at radius 2 is 0.175 bits per heavy atom. The molecular formula is C72H60Cl2P4Rh2-2. The zero-order valence-corrected chi connectivity index (χ0v) is 52.2. The van der Waals surface area contributed by atoms with Gasteiger partial charge in [0.15, 0.2) is 0 Å². The van der Waals surface area contributed by atoms with Gasteiger partial charge in [-0.25, -0.2) is 0 Å². The second-order valence-corrected chi connectivity index (χ2v) is 26.2. The van der Waals surface area contributed by atoms with Gasteiger partial charge in [0.25, 0.3) is 0 Å². The van der Waals surface area contributed by atoms with Crippen molar-refractivity contribution in [3.05, 3.63) is 364 Å². The van der Waals surface area contributed by atoms with Gasteiger partial charge in [-0.3, -0.25) is 0 Å². The maximum absolute atomic E-state index is 2.23. The van der Waals surface area contributed by atoms with Crippen LogP contribution in [-0.2, 0) is 39.0 Å². The van der Waals surface area contributed by atoms with Crippen LogP contribution in [0.2, 0.25) is 0 Å². The Morgan fingerprint density at radius 3 is 0.237 bits per heavy atom. The quantitative estimate of drug-likeness (QED) is 0.0868. The molecule has 0 nitrogen and oxygen atoms in total. The molecule has 12 rings (SSSR count). The molecule has 12 aromatic carbocycles. The maximum atomic E-state index is 2.23. The molecule has 0 saturated carbocycles. The van der Waals surface area contributed by atoms with E-state index in [0.717, 1.165) is 0 Å². The summed E-state index contributed by atoms with van der Waals surface area (Å²) in [5.74, 6) is 0. The normalized spacial score (nSPS) is 10.1. The van der Waals surface area contributed by atoms with E-state index in [2.05, 4.69) is 364 Å². The molecule has 80 heavy (non-hydrogen) atoms. The molecule has 0 unspecified atom stereocenters. The summed E-state index contributed by atoms with van der Waals surface area (Å²) in [7, 11) is -1.78. The van der Waals surface area contributed by atoms with Crippen LogP contribution in [0.15, 0.2) is 364 Å². The summed E-state index contributed by atoms with van der Waals surface area (Å²) in [5.41, 5.74) is 0. The van der Waals surface area contributed by atoms with E-state index in [1.165, 1.54) is 63.7 Å². The maximum Gasteiger partial charge on any atom is 0 e. The predicted molar refractivity (Wildman–Crippen MR) is 341 cm³/mol. The molecule has 0 bridgehead atoms. The van der Waals surface area contributed by atoms with E-state index in [1.807, 2.05) is 0 Å². The van der Waals surface area contributed by atoms with Crippen LogP contribution in [0.3, 0.4) is 0 Å². The van der Waals surface area contributed by atoms with E-state index in [-0.39, 0.29) is 63.8 Å². The van der Waals surface area contributed by atoms with Gasteiger partial charge in [0, 0.05) is 39.0 Å². The average Bonchev–Trinajstić information content (AvgIpc) is 3.52. The first-order valence-electron chi connectivity index (χ1n) is 25.6. The average molecular weight is 1330 g/mol. The van der Waals surface area contributed by atoms with Crippen LogP contribution in [0, 0.1) is 0 Å². The van der Waals surface area contributed by atoms with Crippen molar-refractivity contribution in [2.45, 2.75) is 0 Å². The Labute approximate surface area is 518 Å². The summed E-state index contributed by atoms with van der Waals surface area (Å²) in [5, 5.41) is 16.8. The van der Waals surface area contributed by atoms with E-state index in [1.54, 1.807) is 0 Å². The van der Waals surface area contributed by atoms with Crippen molar-refractivity contribution < 1.29 is 63.8 Å². The first-order chi connectivity index (χ1) is 37.8. The van der Waals surface area contributed by atoms with E-state index in [0.29, 0.717) is 0 Å². The van der Waals surface area contributed by atoms with Gasteiger partial charge >= 0.3 is 0 Å². The summed E-state index contributed by atoms with van der Waals surface area (Å²) < 4.78 is 0.